The van der Waals surface area contributed by atoms with Crippen LogP contribution in [0.15, 0.2) is 0 Å². The molecule has 17 heavy (non-hydrogen) atoms. The first-order chi connectivity index (χ1) is 8.38. The first kappa shape index (κ1) is 13.3. The summed E-state index contributed by atoms with van der Waals surface area (Å²) in [6.45, 7) is 7.28. The second-order valence-corrected chi connectivity index (χ2v) is 5.77. The lowest BCUT2D eigenvalue weighted by Gasteiger charge is -2.30. The first-order valence-corrected chi connectivity index (χ1v) is 7.30. The van der Waals surface area contributed by atoms with E-state index in [2.05, 4.69) is 10.2 Å². The van der Waals surface area contributed by atoms with Gasteiger partial charge in [0.1, 0.15) is 0 Å². The van der Waals surface area contributed by atoms with Gasteiger partial charge in [0, 0.05) is 20.2 Å². The Morgan fingerprint density at radius 3 is 2.71 bits per heavy atom. The Morgan fingerprint density at radius 2 is 1.94 bits per heavy atom. The molecule has 1 unspecified atom stereocenters. The van der Waals surface area contributed by atoms with Crippen LogP contribution >= 0.6 is 0 Å². The largest absolute Gasteiger partial charge is 0.384 e. The number of likely N-dealkylation sites (tertiary alicyclic amines) is 1. The second kappa shape index (κ2) is 7.34. The number of nitrogens with zero attached hydrogens (tertiary/aromatic N) is 1. The fourth-order valence-corrected chi connectivity index (χ4v) is 3.28. The van der Waals surface area contributed by atoms with Crippen LogP contribution in [0.25, 0.3) is 0 Å². The highest BCUT2D eigenvalue weighted by atomic mass is 16.5. The summed E-state index contributed by atoms with van der Waals surface area (Å²) in [6.07, 6.45) is 6.86. The van der Waals surface area contributed by atoms with Crippen LogP contribution in [0.2, 0.25) is 0 Å². The van der Waals surface area contributed by atoms with Gasteiger partial charge in [0.2, 0.25) is 0 Å². The normalized spacial score (nSPS) is 29.1. The second-order valence-electron chi connectivity index (χ2n) is 5.77. The van der Waals surface area contributed by atoms with Crippen LogP contribution in [0.1, 0.15) is 32.1 Å². The molecule has 0 aromatic heterocycles. The predicted octanol–water partition coefficient (Wildman–Crippen LogP) is 1.73. The molecule has 1 atom stereocenters. The maximum atomic E-state index is 5.34. The van der Waals surface area contributed by atoms with E-state index >= 15 is 0 Å². The average Bonchev–Trinajstić information content (AvgIpc) is 2.56. The van der Waals surface area contributed by atoms with Crippen LogP contribution in [0.4, 0.5) is 0 Å². The van der Waals surface area contributed by atoms with E-state index in [9.17, 15) is 0 Å². The Bertz CT molecular complexity index is 204. The fraction of sp³-hybridized carbons (Fsp3) is 1.00. The van der Waals surface area contributed by atoms with Crippen LogP contribution < -0.4 is 5.32 Å². The summed E-state index contributed by atoms with van der Waals surface area (Å²) in [5.41, 5.74) is 0. The van der Waals surface area contributed by atoms with Gasteiger partial charge >= 0.3 is 0 Å². The molecule has 0 amide bonds. The quantitative estimate of drug-likeness (QED) is 0.810. The van der Waals surface area contributed by atoms with Crippen molar-refractivity contribution in [1.29, 1.82) is 0 Å². The Balaban J connectivity index is 1.77. The molecule has 0 bridgehead atoms. The Morgan fingerprint density at radius 1 is 1.12 bits per heavy atom. The minimum absolute atomic E-state index is 0.768. The van der Waals surface area contributed by atoms with Crippen LogP contribution in [-0.2, 0) is 4.74 Å². The van der Waals surface area contributed by atoms with Crippen molar-refractivity contribution in [1.82, 2.24) is 10.2 Å². The molecule has 0 saturated carbocycles. The number of methoxy groups -OCH3 is 1. The van der Waals surface area contributed by atoms with Crippen molar-refractivity contribution in [3.8, 4) is 0 Å². The molecule has 3 heteroatoms. The van der Waals surface area contributed by atoms with Crippen molar-refractivity contribution in [2.75, 3.05) is 46.4 Å². The lowest BCUT2D eigenvalue weighted by molar-refractivity contribution is 0.117. The van der Waals surface area contributed by atoms with Gasteiger partial charge in [-0.3, -0.25) is 0 Å². The fourth-order valence-electron chi connectivity index (χ4n) is 3.28. The van der Waals surface area contributed by atoms with Crippen molar-refractivity contribution in [2.24, 2.45) is 11.8 Å². The summed E-state index contributed by atoms with van der Waals surface area (Å²) in [5, 5.41) is 3.45. The molecule has 2 rings (SSSR count). The number of piperidine rings is 1. The molecule has 0 aliphatic carbocycles. The van der Waals surface area contributed by atoms with E-state index < -0.39 is 0 Å². The molecular formula is C14H28N2O. The maximum Gasteiger partial charge on any atom is 0.0502 e. The van der Waals surface area contributed by atoms with Gasteiger partial charge in [0.05, 0.1) is 6.61 Å². The van der Waals surface area contributed by atoms with E-state index in [0.717, 1.165) is 18.4 Å². The molecular weight excluding hydrogens is 212 g/mol. The summed E-state index contributed by atoms with van der Waals surface area (Å²) in [7, 11) is 1.84. The van der Waals surface area contributed by atoms with Crippen molar-refractivity contribution in [3.63, 3.8) is 0 Å². The highest BCUT2D eigenvalue weighted by Gasteiger charge is 2.21. The van der Waals surface area contributed by atoms with Crippen molar-refractivity contribution >= 4 is 0 Å². The van der Waals surface area contributed by atoms with Gasteiger partial charge in [-0.2, -0.15) is 0 Å². The lowest BCUT2D eigenvalue weighted by Crippen LogP contribution is -2.38. The minimum Gasteiger partial charge on any atom is -0.384 e. The van der Waals surface area contributed by atoms with E-state index in [1.165, 1.54) is 64.8 Å². The number of hydrogen-bond donors (Lipinski definition) is 1. The third-order valence-electron chi connectivity index (χ3n) is 4.23. The zero-order valence-electron chi connectivity index (χ0n) is 11.3. The number of hydrogen-bond acceptors (Lipinski definition) is 3. The van der Waals surface area contributed by atoms with Crippen molar-refractivity contribution in [3.05, 3.63) is 0 Å². The zero-order chi connectivity index (χ0) is 11.9. The molecule has 3 nitrogen and oxygen atoms in total. The monoisotopic (exact) mass is 240 g/mol. The number of nitrogens with one attached hydrogen (secondary N) is 1. The smallest absolute Gasteiger partial charge is 0.0502 e. The topological polar surface area (TPSA) is 24.5 Å². The molecule has 1 N–H and O–H groups in total. The molecule has 100 valence electrons. The first-order valence-electron chi connectivity index (χ1n) is 7.30. The van der Waals surface area contributed by atoms with E-state index in [1.54, 1.807) is 0 Å². The van der Waals surface area contributed by atoms with Gasteiger partial charge in [0.15, 0.2) is 0 Å². The minimum atomic E-state index is 0.768. The Hall–Kier alpha value is -0.120. The third-order valence-corrected chi connectivity index (χ3v) is 4.23. The zero-order valence-corrected chi connectivity index (χ0v) is 11.3. The molecule has 2 saturated heterocycles. The van der Waals surface area contributed by atoms with E-state index in [4.69, 9.17) is 4.74 Å². The van der Waals surface area contributed by atoms with Gasteiger partial charge in [-0.15, -0.1) is 0 Å². The SMILES string of the molecule is COCC1CCCCN(CC2CCNCC2)C1. The third kappa shape index (κ3) is 4.57. The van der Waals surface area contributed by atoms with Crippen molar-refractivity contribution in [2.45, 2.75) is 32.1 Å². The predicted molar refractivity (Wildman–Crippen MR) is 71.3 cm³/mol. The molecule has 0 aromatic carbocycles. The molecule has 2 heterocycles. The molecule has 0 radical (unpaired) electrons. The van der Waals surface area contributed by atoms with Gasteiger partial charge in [-0.1, -0.05) is 6.42 Å². The van der Waals surface area contributed by atoms with Crippen LogP contribution in [0.3, 0.4) is 0 Å². The molecule has 0 aromatic rings. The average molecular weight is 240 g/mol. The van der Waals surface area contributed by atoms with Gasteiger partial charge < -0.3 is 15.0 Å². The number of rotatable bonds is 4. The van der Waals surface area contributed by atoms with Crippen LogP contribution in [-0.4, -0.2) is 51.3 Å². The summed E-state index contributed by atoms with van der Waals surface area (Å²) < 4.78 is 5.34. The molecule has 0 spiro atoms. The number of ether oxygens (including phenoxy) is 1. The Labute approximate surface area is 106 Å². The van der Waals surface area contributed by atoms with Gasteiger partial charge in [0.25, 0.3) is 0 Å². The summed E-state index contributed by atoms with van der Waals surface area (Å²) in [5.74, 6) is 1.70. The van der Waals surface area contributed by atoms with Crippen LogP contribution in [0, 0.1) is 11.8 Å². The molecule has 2 fully saturated rings. The molecule has 2 aliphatic rings. The molecule has 2 aliphatic heterocycles. The lowest BCUT2D eigenvalue weighted by atomic mass is 9.97. The van der Waals surface area contributed by atoms with Crippen LogP contribution in [0.5, 0.6) is 0 Å². The van der Waals surface area contributed by atoms with E-state index in [0.29, 0.717) is 0 Å². The maximum absolute atomic E-state index is 5.34. The highest BCUT2D eigenvalue weighted by molar-refractivity contribution is 4.76. The van der Waals surface area contributed by atoms with E-state index in [-0.39, 0.29) is 0 Å². The Kier molecular flexibility index (Phi) is 5.75. The van der Waals surface area contributed by atoms with Gasteiger partial charge in [-0.25, -0.2) is 0 Å². The standard InChI is InChI=1S/C14H28N2O/c1-17-12-14-4-2-3-9-16(11-14)10-13-5-7-15-8-6-13/h13-15H,2-12H2,1H3. The van der Waals surface area contributed by atoms with Crippen molar-refractivity contribution < 1.29 is 4.74 Å². The summed E-state index contributed by atoms with van der Waals surface area (Å²) in [4.78, 5) is 2.70. The summed E-state index contributed by atoms with van der Waals surface area (Å²) >= 11 is 0. The highest BCUT2D eigenvalue weighted by Crippen LogP contribution is 2.20. The van der Waals surface area contributed by atoms with E-state index in [1.807, 2.05) is 7.11 Å². The van der Waals surface area contributed by atoms with Gasteiger partial charge in [-0.05, 0) is 57.2 Å². The summed E-state index contributed by atoms with van der Waals surface area (Å²) in [6, 6.07) is 0.